The molecule has 2 amide bonds. The molecular formula is C22H36Cl2N5O2+. The number of rotatable bonds is 6. The molecule has 0 aromatic carbocycles. The number of nitrogens with one attached hydrogen (secondary N) is 1. The van der Waals surface area contributed by atoms with Crippen LogP contribution >= 0.6 is 24.8 Å². The zero-order chi connectivity index (χ0) is 20.6. The first-order valence-corrected chi connectivity index (χ1v) is 11.0. The molecule has 1 saturated heterocycles. The van der Waals surface area contributed by atoms with E-state index in [1.54, 1.807) is 6.07 Å². The van der Waals surface area contributed by atoms with Crippen LogP contribution in [0.3, 0.4) is 0 Å². The first-order valence-electron chi connectivity index (χ1n) is 11.0. The Balaban J connectivity index is 0.00000171. The standard InChI is InChI=1S/C22H33N5O2.2ClH/c1-15-16(9-10-19(23)26-15)14-27(11-5-6-17-12-22(17,27)21(24)29)20(28)13-25-18-7-3-2-4-8-18;;/h9-10,17-18,25H,2-8,11-14H2,1H3,(H3-,23,24,26,29);2*1H/p+1/t17-,22+,27?;;/m1../s1. The number of hydrogen-bond donors (Lipinski definition) is 3. The van der Waals surface area contributed by atoms with Crippen molar-refractivity contribution in [1.29, 1.82) is 0 Å². The van der Waals surface area contributed by atoms with E-state index >= 15 is 0 Å². The topological polar surface area (TPSA) is 111 Å². The monoisotopic (exact) mass is 472 g/mol. The van der Waals surface area contributed by atoms with E-state index in [0.717, 1.165) is 43.4 Å². The summed E-state index contributed by atoms with van der Waals surface area (Å²) in [5.41, 5.74) is 12.8. The van der Waals surface area contributed by atoms with Gasteiger partial charge in [-0.2, -0.15) is 0 Å². The molecule has 2 heterocycles. The molecular weight excluding hydrogens is 437 g/mol. The largest absolute Gasteiger partial charge is 0.384 e. The Kier molecular flexibility index (Phi) is 8.36. The van der Waals surface area contributed by atoms with Crippen molar-refractivity contribution in [3.05, 3.63) is 23.4 Å². The smallest absolute Gasteiger partial charge is 0.328 e. The first-order chi connectivity index (χ1) is 13.9. The molecule has 3 aliphatic rings. The van der Waals surface area contributed by atoms with Crippen LogP contribution in [0, 0.1) is 12.8 Å². The van der Waals surface area contributed by atoms with E-state index in [2.05, 4.69) is 10.3 Å². The maximum Gasteiger partial charge on any atom is 0.328 e. The maximum absolute atomic E-state index is 13.7. The third-order valence-electron chi connectivity index (χ3n) is 7.64. The predicted octanol–water partition coefficient (Wildman–Crippen LogP) is 2.62. The molecule has 174 valence electrons. The Morgan fingerprint density at radius 2 is 1.87 bits per heavy atom. The Morgan fingerprint density at radius 3 is 2.52 bits per heavy atom. The molecule has 9 heteroatoms. The van der Waals surface area contributed by atoms with E-state index in [-0.39, 0.29) is 47.0 Å². The van der Waals surface area contributed by atoms with Crippen LogP contribution in [-0.4, -0.2) is 46.0 Å². The zero-order valence-corrected chi connectivity index (χ0v) is 19.9. The fourth-order valence-corrected chi connectivity index (χ4v) is 5.91. The second-order valence-electron chi connectivity index (χ2n) is 9.27. The average molecular weight is 473 g/mol. The predicted molar refractivity (Wildman–Crippen MR) is 126 cm³/mol. The highest BCUT2D eigenvalue weighted by molar-refractivity contribution is 5.90. The molecule has 1 aromatic heterocycles. The van der Waals surface area contributed by atoms with Crippen molar-refractivity contribution in [3.8, 4) is 0 Å². The minimum atomic E-state index is -0.753. The Labute approximate surface area is 197 Å². The van der Waals surface area contributed by atoms with Crippen molar-refractivity contribution >= 4 is 42.4 Å². The van der Waals surface area contributed by atoms with Crippen LogP contribution in [0.5, 0.6) is 0 Å². The lowest BCUT2D eigenvalue weighted by Gasteiger charge is -2.45. The molecule has 1 aliphatic heterocycles. The molecule has 1 aromatic rings. The number of amides is 2. The van der Waals surface area contributed by atoms with Gasteiger partial charge in [0, 0.05) is 29.6 Å². The van der Waals surface area contributed by atoms with Crippen molar-refractivity contribution in [2.75, 3.05) is 18.8 Å². The summed E-state index contributed by atoms with van der Waals surface area (Å²) < 4.78 is 0.138. The average Bonchev–Trinajstić information content (AvgIpc) is 3.46. The summed E-state index contributed by atoms with van der Waals surface area (Å²) in [6.07, 6.45) is 8.60. The number of anilines is 1. The van der Waals surface area contributed by atoms with Crippen LogP contribution < -0.4 is 16.8 Å². The summed E-state index contributed by atoms with van der Waals surface area (Å²) in [5.74, 6) is 0.451. The third-order valence-corrected chi connectivity index (χ3v) is 7.64. The van der Waals surface area contributed by atoms with E-state index in [1.807, 2.05) is 13.0 Å². The number of carbonyl (C=O) groups excluding carboxylic acids is 2. The van der Waals surface area contributed by atoms with Gasteiger partial charge in [0.25, 0.3) is 5.91 Å². The van der Waals surface area contributed by atoms with Crippen LogP contribution in [0.1, 0.15) is 62.6 Å². The molecule has 0 bridgehead atoms. The number of piperidine rings is 1. The molecule has 3 fully saturated rings. The number of hydrogen-bond acceptors (Lipinski definition) is 5. The summed E-state index contributed by atoms with van der Waals surface area (Å²) in [7, 11) is 0. The molecule has 0 spiro atoms. The van der Waals surface area contributed by atoms with Crippen LogP contribution in [0.25, 0.3) is 0 Å². The van der Waals surface area contributed by atoms with Crippen molar-refractivity contribution in [2.24, 2.45) is 11.7 Å². The number of aryl methyl sites for hydroxylation is 1. The number of nitrogens with two attached hydrogens (primary N) is 2. The normalized spacial score (nSPS) is 29.8. The van der Waals surface area contributed by atoms with Crippen molar-refractivity contribution < 1.29 is 14.1 Å². The molecule has 2 aliphatic carbocycles. The fraction of sp³-hybridized carbons (Fsp3) is 0.682. The summed E-state index contributed by atoms with van der Waals surface area (Å²) in [4.78, 5) is 30.8. The SMILES string of the molecule is Cc1nc(N)ccc1C[N+]1(C(=O)CNC2CCCCC2)CCC[C@@H]2C[C@@]21C(N)=O.Cl.Cl. The Hall–Kier alpha value is -1.41. The second-order valence-corrected chi connectivity index (χ2v) is 9.27. The number of pyridine rings is 1. The Bertz CT molecular complexity index is 817. The Morgan fingerprint density at radius 1 is 1.16 bits per heavy atom. The molecule has 7 nitrogen and oxygen atoms in total. The van der Waals surface area contributed by atoms with Crippen LogP contribution in [0.2, 0.25) is 0 Å². The highest BCUT2D eigenvalue weighted by Crippen LogP contribution is 2.59. The molecule has 5 N–H and O–H groups in total. The zero-order valence-electron chi connectivity index (χ0n) is 18.3. The van der Waals surface area contributed by atoms with Gasteiger partial charge in [0.15, 0.2) is 5.54 Å². The van der Waals surface area contributed by atoms with Gasteiger partial charge in [0.1, 0.15) is 18.9 Å². The first kappa shape index (κ1) is 25.8. The lowest BCUT2D eigenvalue weighted by molar-refractivity contribution is -0.899. The van der Waals surface area contributed by atoms with E-state index in [1.165, 1.54) is 19.3 Å². The number of quaternary nitrogens is 1. The number of primary amides is 1. The minimum Gasteiger partial charge on any atom is -0.384 e. The molecule has 1 unspecified atom stereocenters. The molecule has 0 radical (unpaired) electrons. The summed E-state index contributed by atoms with van der Waals surface area (Å²) in [5, 5.41) is 3.50. The molecule has 3 atom stereocenters. The van der Waals surface area contributed by atoms with Gasteiger partial charge in [0.2, 0.25) is 0 Å². The van der Waals surface area contributed by atoms with Gasteiger partial charge in [-0.3, -0.25) is 4.79 Å². The lowest BCUT2D eigenvalue weighted by atomic mass is 9.94. The third kappa shape index (κ3) is 4.56. The number of carbonyl (C=O) groups is 2. The molecule has 4 rings (SSSR count). The number of aromatic nitrogens is 1. The van der Waals surface area contributed by atoms with Crippen molar-refractivity contribution in [1.82, 2.24) is 10.3 Å². The highest BCUT2D eigenvalue weighted by Gasteiger charge is 2.76. The lowest BCUT2D eigenvalue weighted by Crippen LogP contribution is -2.69. The van der Waals surface area contributed by atoms with E-state index < -0.39 is 5.54 Å². The minimum absolute atomic E-state index is 0. The van der Waals surface area contributed by atoms with Crippen LogP contribution in [-0.2, 0) is 16.1 Å². The van der Waals surface area contributed by atoms with Crippen LogP contribution in [0.15, 0.2) is 12.1 Å². The number of likely N-dealkylation sites (tertiary alicyclic amines) is 1. The van der Waals surface area contributed by atoms with Crippen molar-refractivity contribution in [3.63, 3.8) is 0 Å². The van der Waals surface area contributed by atoms with E-state index in [9.17, 15) is 9.59 Å². The fourth-order valence-electron chi connectivity index (χ4n) is 5.91. The van der Waals surface area contributed by atoms with Gasteiger partial charge in [0.05, 0.1) is 6.54 Å². The van der Waals surface area contributed by atoms with Crippen LogP contribution in [0.4, 0.5) is 5.82 Å². The number of nitrogens with zero attached hydrogens (tertiary/aromatic N) is 2. The van der Waals surface area contributed by atoms with Crippen molar-refractivity contribution in [2.45, 2.75) is 76.4 Å². The van der Waals surface area contributed by atoms with Gasteiger partial charge in [-0.1, -0.05) is 19.3 Å². The quantitative estimate of drug-likeness (QED) is 0.550. The van der Waals surface area contributed by atoms with E-state index in [0.29, 0.717) is 31.5 Å². The summed E-state index contributed by atoms with van der Waals surface area (Å²) >= 11 is 0. The maximum atomic E-state index is 13.7. The number of fused-ring (bicyclic) bond motifs is 1. The van der Waals surface area contributed by atoms with Gasteiger partial charge in [-0.15, -0.1) is 24.8 Å². The second kappa shape index (κ2) is 10.0. The van der Waals surface area contributed by atoms with Gasteiger partial charge >= 0.3 is 5.91 Å². The highest BCUT2D eigenvalue weighted by atomic mass is 35.5. The summed E-state index contributed by atoms with van der Waals surface area (Å²) in [6.45, 7) is 3.34. The van der Waals surface area contributed by atoms with Gasteiger partial charge in [-0.05, 0) is 44.7 Å². The number of halogens is 2. The van der Waals surface area contributed by atoms with E-state index in [4.69, 9.17) is 11.5 Å². The molecule has 31 heavy (non-hydrogen) atoms. The van der Waals surface area contributed by atoms with Gasteiger partial charge < -0.3 is 16.8 Å². The van der Waals surface area contributed by atoms with Gasteiger partial charge in [-0.25, -0.2) is 14.3 Å². The molecule has 2 saturated carbocycles. The summed E-state index contributed by atoms with van der Waals surface area (Å²) in [6, 6.07) is 4.12. The number of nitrogen functional groups attached to an aromatic ring is 1.